The summed E-state index contributed by atoms with van der Waals surface area (Å²) in [4.78, 5) is 4.15. The van der Waals surface area contributed by atoms with Gasteiger partial charge in [-0.3, -0.25) is 0 Å². The third-order valence-electron chi connectivity index (χ3n) is 1.62. The van der Waals surface area contributed by atoms with Crippen molar-refractivity contribution in [2.75, 3.05) is 0 Å². The molecule has 0 bridgehead atoms. The van der Waals surface area contributed by atoms with Crippen LogP contribution in [-0.4, -0.2) is 14.5 Å². The molecule has 0 spiro atoms. The number of nitrogens with zero attached hydrogens (tertiary/aromatic N) is 2. The van der Waals surface area contributed by atoms with E-state index < -0.39 is 0 Å². The molecule has 3 nitrogen and oxygen atoms in total. The van der Waals surface area contributed by atoms with Crippen LogP contribution in [-0.2, 0) is 0 Å². The van der Waals surface area contributed by atoms with Crippen molar-refractivity contribution in [3.05, 3.63) is 28.6 Å². The van der Waals surface area contributed by atoms with E-state index in [-0.39, 0.29) is 5.75 Å². The van der Waals surface area contributed by atoms with Gasteiger partial charge in [-0.2, -0.15) is 0 Å². The minimum Gasteiger partial charge on any atom is -0.504 e. The van der Waals surface area contributed by atoms with Crippen molar-refractivity contribution in [3.63, 3.8) is 0 Å². The summed E-state index contributed by atoms with van der Waals surface area (Å²) >= 11 is 3.28. The van der Waals surface area contributed by atoms with E-state index in [4.69, 9.17) is 0 Å². The molecule has 2 heterocycles. The monoisotopic (exact) mass is 226 g/mol. The molecule has 0 atom stereocenters. The fourth-order valence-corrected chi connectivity index (χ4v) is 1.61. The van der Waals surface area contributed by atoms with Gasteiger partial charge in [0.2, 0.25) is 0 Å². The zero-order chi connectivity index (χ0) is 8.72. The molecule has 1 N–H and O–H groups in total. The number of aromatic nitrogens is 2. The molecule has 4 heteroatoms. The third-order valence-corrected chi connectivity index (χ3v) is 2.05. The lowest BCUT2D eigenvalue weighted by atomic mass is 10.4. The Bertz CT molecular complexity index is 436. The van der Waals surface area contributed by atoms with Crippen molar-refractivity contribution >= 4 is 21.6 Å². The maximum absolute atomic E-state index is 9.45. The molecule has 0 aliphatic heterocycles. The number of hydrogen-bond acceptors (Lipinski definition) is 2. The number of rotatable bonds is 0. The van der Waals surface area contributed by atoms with E-state index in [0.717, 1.165) is 10.2 Å². The van der Waals surface area contributed by atoms with E-state index in [9.17, 15) is 5.11 Å². The van der Waals surface area contributed by atoms with Crippen LogP contribution in [0.3, 0.4) is 0 Å². The predicted molar refractivity (Wildman–Crippen MR) is 49.3 cm³/mol. The van der Waals surface area contributed by atoms with Crippen LogP contribution in [0.15, 0.2) is 22.9 Å². The van der Waals surface area contributed by atoms with Crippen LogP contribution in [0.1, 0.15) is 5.69 Å². The Morgan fingerprint density at radius 1 is 1.50 bits per heavy atom. The summed E-state index contributed by atoms with van der Waals surface area (Å²) in [7, 11) is 0. The van der Waals surface area contributed by atoms with Gasteiger partial charge in [-0.25, -0.2) is 4.98 Å². The minimum absolute atomic E-state index is 0.192. The number of hydrogen-bond donors (Lipinski definition) is 1. The first-order valence-corrected chi connectivity index (χ1v) is 4.30. The Morgan fingerprint density at radius 2 is 2.25 bits per heavy atom. The van der Waals surface area contributed by atoms with Crippen molar-refractivity contribution < 1.29 is 5.11 Å². The second-order valence-electron chi connectivity index (χ2n) is 2.66. The molecule has 12 heavy (non-hydrogen) atoms. The Hall–Kier alpha value is -1.03. The fraction of sp³-hybridized carbons (Fsp3) is 0.125. The van der Waals surface area contributed by atoms with Gasteiger partial charge in [-0.05, 0) is 28.9 Å². The molecule has 2 rings (SSSR count). The number of aromatic hydroxyl groups is 1. The van der Waals surface area contributed by atoms with Gasteiger partial charge < -0.3 is 9.51 Å². The van der Waals surface area contributed by atoms with Gasteiger partial charge in [0.1, 0.15) is 0 Å². The minimum atomic E-state index is 0.192. The van der Waals surface area contributed by atoms with Crippen LogP contribution >= 0.6 is 15.9 Å². The molecular weight excluding hydrogens is 220 g/mol. The maximum atomic E-state index is 9.45. The molecule has 62 valence electrons. The van der Waals surface area contributed by atoms with Gasteiger partial charge in [-0.15, -0.1) is 0 Å². The average Bonchev–Trinajstić information content (AvgIpc) is 2.29. The van der Waals surface area contributed by atoms with Crippen molar-refractivity contribution in [1.82, 2.24) is 9.38 Å². The van der Waals surface area contributed by atoms with Crippen molar-refractivity contribution in [3.8, 4) is 5.75 Å². The molecule has 0 aliphatic rings. The predicted octanol–water partition coefficient (Wildman–Crippen LogP) is 2.11. The topological polar surface area (TPSA) is 37.5 Å². The SMILES string of the molecule is Cc1cn2cc(Br)cc(O)c2n1. The van der Waals surface area contributed by atoms with Gasteiger partial charge in [0.15, 0.2) is 11.4 Å². The molecule has 0 radical (unpaired) electrons. The molecule has 2 aromatic heterocycles. The summed E-state index contributed by atoms with van der Waals surface area (Å²) in [6.45, 7) is 1.89. The lowest BCUT2D eigenvalue weighted by Crippen LogP contribution is -1.82. The molecule has 0 unspecified atom stereocenters. The molecule has 0 saturated carbocycles. The van der Waals surface area contributed by atoms with E-state index in [1.807, 2.05) is 19.3 Å². The molecule has 0 fully saturated rings. The van der Waals surface area contributed by atoms with Crippen LogP contribution in [0.5, 0.6) is 5.75 Å². The molecule has 0 aromatic carbocycles. The van der Waals surface area contributed by atoms with Crippen LogP contribution in [0.25, 0.3) is 5.65 Å². The van der Waals surface area contributed by atoms with Crippen molar-refractivity contribution in [1.29, 1.82) is 0 Å². The first-order valence-electron chi connectivity index (χ1n) is 3.50. The van der Waals surface area contributed by atoms with Gasteiger partial charge in [0.05, 0.1) is 5.69 Å². The Balaban J connectivity index is 2.88. The summed E-state index contributed by atoms with van der Waals surface area (Å²) in [5.41, 5.74) is 1.49. The van der Waals surface area contributed by atoms with Crippen LogP contribution in [0.2, 0.25) is 0 Å². The second kappa shape index (κ2) is 2.48. The highest BCUT2D eigenvalue weighted by Gasteiger charge is 2.03. The summed E-state index contributed by atoms with van der Waals surface area (Å²) in [5, 5.41) is 9.45. The summed E-state index contributed by atoms with van der Waals surface area (Å²) in [6, 6.07) is 1.63. The summed E-state index contributed by atoms with van der Waals surface area (Å²) in [6.07, 6.45) is 3.72. The van der Waals surface area contributed by atoms with Gasteiger partial charge in [-0.1, -0.05) is 0 Å². The third kappa shape index (κ3) is 1.08. The number of fused-ring (bicyclic) bond motifs is 1. The van der Waals surface area contributed by atoms with Gasteiger partial charge in [0, 0.05) is 16.9 Å². The molecular formula is C8H7BrN2O. The lowest BCUT2D eigenvalue weighted by Gasteiger charge is -1.96. The highest BCUT2D eigenvalue weighted by atomic mass is 79.9. The lowest BCUT2D eigenvalue weighted by molar-refractivity contribution is 0.477. The quantitative estimate of drug-likeness (QED) is 0.748. The van der Waals surface area contributed by atoms with Crippen LogP contribution < -0.4 is 0 Å². The Labute approximate surface area is 77.8 Å². The number of pyridine rings is 1. The van der Waals surface area contributed by atoms with E-state index in [2.05, 4.69) is 20.9 Å². The standard InChI is InChI=1S/C8H7BrN2O/c1-5-3-11-4-6(9)2-7(12)8(11)10-5/h2-4,12H,1H3. The first kappa shape index (κ1) is 7.61. The number of imidazole rings is 1. The second-order valence-corrected chi connectivity index (χ2v) is 3.57. The van der Waals surface area contributed by atoms with Gasteiger partial charge in [0.25, 0.3) is 0 Å². The van der Waals surface area contributed by atoms with Crippen molar-refractivity contribution in [2.24, 2.45) is 0 Å². The molecule has 2 aromatic rings. The van der Waals surface area contributed by atoms with Crippen molar-refractivity contribution in [2.45, 2.75) is 6.92 Å². The zero-order valence-corrected chi connectivity index (χ0v) is 8.04. The van der Waals surface area contributed by atoms with Gasteiger partial charge >= 0.3 is 0 Å². The van der Waals surface area contributed by atoms with Crippen LogP contribution in [0.4, 0.5) is 0 Å². The smallest absolute Gasteiger partial charge is 0.179 e. The Morgan fingerprint density at radius 3 is 3.00 bits per heavy atom. The maximum Gasteiger partial charge on any atom is 0.179 e. The molecule has 0 saturated heterocycles. The van der Waals surface area contributed by atoms with E-state index in [0.29, 0.717) is 5.65 Å². The normalized spacial score (nSPS) is 10.8. The zero-order valence-electron chi connectivity index (χ0n) is 6.45. The summed E-state index contributed by atoms with van der Waals surface area (Å²) in [5.74, 6) is 0.192. The molecule has 0 aliphatic carbocycles. The number of halogens is 1. The van der Waals surface area contributed by atoms with E-state index >= 15 is 0 Å². The fourth-order valence-electron chi connectivity index (χ4n) is 1.17. The average molecular weight is 227 g/mol. The number of aryl methyl sites for hydroxylation is 1. The van der Waals surface area contributed by atoms with Crippen LogP contribution in [0, 0.1) is 6.92 Å². The Kier molecular flexibility index (Phi) is 1.58. The molecule has 0 amide bonds. The van der Waals surface area contributed by atoms with E-state index in [1.54, 1.807) is 10.5 Å². The largest absolute Gasteiger partial charge is 0.504 e. The van der Waals surface area contributed by atoms with E-state index in [1.165, 1.54) is 0 Å². The highest BCUT2D eigenvalue weighted by molar-refractivity contribution is 9.10. The highest BCUT2D eigenvalue weighted by Crippen LogP contribution is 2.22. The summed E-state index contributed by atoms with van der Waals surface area (Å²) < 4.78 is 2.62. The first-order chi connectivity index (χ1) is 5.66.